The second-order valence-corrected chi connectivity index (χ2v) is 4.64. The summed E-state index contributed by atoms with van der Waals surface area (Å²) in [7, 11) is 1.74. The predicted octanol–water partition coefficient (Wildman–Crippen LogP) is 1.07. The van der Waals surface area contributed by atoms with Crippen LogP contribution in [0.25, 0.3) is 0 Å². The maximum atomic E-state index is 12.0. The minimum Gasteiger partial charge on any atom is -0.392 e. The maximum Gasteiger partial charge on any atom is 0.230 e. The summed E-state index contributed by atoms with van der Waals surface area (Å²) in [5.41, 5.74) is 7.83. The summed E-state index contributed by atoms with van der Waals surface area (Å²) >= 11 is 4.79. The molecule has 0 aromatic heterocycles. The van der Waals surface area contributed by atoms with Crippen LogP contribution in [0.4, 0.5) is 0 Å². The lowest BCUT2D eigenvalue weighted by atomic mass is 9.77. The number of hydrogen-bond acceptors (Lipinski definition) is 2. The van der Waals surface area contributed by atoms with Gasteiger partial charge in [-0.05, 0) is 17.5 Å². The van der Waals surface area contributed by atoms with E-state index in [1.165, 1.54) is 5.56 Å². The second-order valence-electron chi connectivity index (χ2n) is 4.12. The SMILES string of the molecule is CN(CC(N)=S)C(=O)C1Cc2ccccc21. The zero-order valence-corrected chi connectivity index (χ0v) is 9.96. The Bertz CT molecular complexity index is 444. The molecule has 1 aromatic carbocycles. The van der Waals surface area contributed by atoms with Gasteiger partial charge in [-0.3, -0.25) is 4.79 Å². The van der Waals surface area contributed by atoms with Gasteiger partial charge in [0.1, 0.15) is 0 Å². The molecular formula is C12H14N2OS. The number of thiocarbonyl (C=S) groups is 1. The first kappa shape index (κ1) is 11.1. The van der Waals surface area contributed by atoms with E-state index in [4.69, 9.17) is 18.0 Å². The van der Waals surface area contributed by atoms with Gasteiger partial charge in [-0.1, -0.05) is 36.5 Å². The Morgan fingerprint density at radius 1 is 1.56 bits per heavy atom. The normalized spacial score (nSPS) is 17.2. The fraction of sp³-hybridized carbons (Fsp3) is 0.333. The molecule has 0 saturated carbocycles. The number of rotatable bonds is 3. The number of likely N-dealkylation sites (N-methyl/N-ethyl adjacent to an activating group) is 1. The fourth-order valence-electron chi connectivity index (χ4n) is 2.06. The third kappa shape index (κ3) is 1.93. The number of amides is 1. The Morgan fingerprint density at radius 2 is 2.25 bits per heavy atom. The Hall–Kier alpha value is -1.42. The van der Waals surface area contributed by atoms with Crippen LogP contribution in [0.15, 0.2) is 24.3 Å². The van der Waals surface area contributed by atoms with Crippen molar-refractivity contribution in [3.05, 3.63) is 35.4 Å². The molecule has 0 saturated heterocycles. The molecule has 0 bridgehead atoms. The molecule has 0 fully saturated rings. The largest absolute Gasteiger partial charge is 0.392 e. The van der Waals surface area contributed by atoms with E-state index in [1.54, 1.807) is 11.9 Å². The quantitative estimate of drug-likeness (QED) is 0.796. The van der Waals surface area contributed by atoms with E-state index in [0.29, 0.717) is 11.5 Å². The standard InChI is InChI=1S/C12H14N2OS/c1-14(7-11(13)16)12(15)10-6-8-4-2-3-5-9(8)10/h2-5,10H,6-7H2,1H3,(H2,13,16). The zero-order chi connectivity index (χ0) is 11.7. The van der Waals surface area contributed by atoms with Gasteiger partial charge >= 0.3 is 0 Å². The summed E-state index contributed by atoms with van der Waals surface area (Å²) < 4.78 is 0. The van der Waals surface area contributed by atoms with Gasteiger partial charge in [0.2, 0.25) is 5.91 Å². The number of carbonyl (C=O) groups excluding carboxylic acids is 1. The van der Waals surface area contributed by atoms with Gasteiger partial charge in [0.05, 0.1) is 17.5 Å². The highest BCUT2D eigenvalue weighted by molar-refractivity contribution is 7.80. The van der Waals surface area contributed by atoms with Crippen LogP contribution in [0.2, 0.25) is 0 Å². The fourth-order valence-corrected chi connectivity index (χ4v) is 2.25. The Balaban J connectivity index is 2.07. The maximum absolute atomic E-state index is 12.0. The van der Waals surface area contributed by atoms with Crippen molar-refractivity contribution < 1.29 is 4.79 Å². The van der Waals surface area contributed by atoms with Gasteiger partial charge in [-0.2, -0.15) is 0 Å². The molecule has 1 amide bonds. The molecule has 16 heavy (non-hydrogen) atoms. The topological polar surface area (TPSA) is 46.3 Å². The molecule has 0 heterocycles. The van der Waals surface area contributed by atoms with Crippen molar-refractivity contribution in [2.24, 2.45) is 5.73 Å². The van der Waals surface area contributed by atoms with Crippen LogP contribution in [-0.4, -0.2) is 29.4 Å². The van der Waals surface area contributed by atoms with Gasteiger partial charge in [0, 0.05) is 7.05 Å². The molecule has 0 aliphatic heterocycles. The van der Waals surface area contributed by atoms with Crippen molar-refractivity contribution in [3.63, 3.8) is 0 Å². The van der Waals surface area contributed by atoms with Gasteiger partial charge in [0.25, 0.3) is 0 Å². The molecular weight excluding hydrogens is 220 g/mol. The second kappa shape index (κ2) is 4.22. The van der Waals surface area contributed by atoms with Crippen LogP contribution in [0.5, 0.6) is 0 Å². The van der Waals surface area contributed by atoms with E-state index < -0.39 is 0 Å². The highest BCUT2D eigenvalue weighted by atomic mass is 32.1. The Labute approximate surface area is 100 Å². The van der Waals surface area contributed by atoms with E-state index in [0.717, 1.165) is 12.0 Å². The van der Waals surface area contributed by atoms with E-state index in [-0.39, 0.29) is 11.8 Å². The van der Waals surface area contributed by atoms with Crippen molar-refractivity contribution >= 4 is 23.1 Å². The highest BCUT2D eigenvalue weighted by Gasteiger charge is 2.33. The molecule has 1 aliphatic rings. The molecule has 2 rings (SSSR count). The van der Waals surface area contributed by atoms with Crippen LogP contribution >= 0.6 is 12.2 Å². The molecule has 2 N–H and O–H groups in total. The van der Waals surface area contributed by atoms with Crippen LogP contribution in [-0.2, 0) is 11.2 Å². The third-order valence-corrected chi connectivity index (χ3v) is 3.05. The molecule has 1 aromatic rings. The first-order valence-corrected chi connectivity index (χ1v) is 5.61. The average Bonchev–Trinajstić information content (AvgIpc) is 2.18. The molecule has 4 heteroatoms. The predicted molar refractivity (Wildman–Crippen MR) is 67.3 cm³/mol. The Morgan fingerprint density at radius 3 is 2.88 bits per heavy atom. The summed E-state index contributed by atoms with van der Waals surface area (Å²) in [4.78, 5) is 14.0. The van der Waals surface area contributed by atoms with E-state index in [9.17, 15) is 4.79 Å². The first-order chi connectivity index (χ1) is 7.59. The van der Waals surface area contributed by atoms with Crippen LogP contribution in [0.1, 0.15) is 17.0 Å². The minimum absolute atomic E-state index is 0.00412. The van der Waals surface area contributed by atoms with Crippen molar-refractivity contribution in [1.29, 1.82) is 0 Å². The summed E-state index contributed by atoms with van der Waals surface area (Å²) in [5, 5.41) is 0. The number of fused-ring (bicyclic) bond motifs is 1. The van der Waals surface area contributed by atoms with Crippen molar-refractivity contribution in [1.82, 2.24) is 4.90 Å². The molecule has 0 spiro atoms. The van der Waals surface area contributed by atoms with Crippen LogP contribution in [0.3, 0.4) is 0 Å². The molecule has 84 valence electrons. The van der Waals surface area contributed by atoms with Crippen molar-refractivity contribution in [3.8, 4) is 0 Å². The summed E-state index contributed by atoms with van der Waals surface area (Å²) in [6.07, 6.45) is 0.830. The van der Waals surface area contributed by atoms with Gasteiger partial charge in [0.15, 0.2) is 0 Å². The lowest BCUT2D eigenvalue weighted by Gasteiger charge is -2.32. The van der Waals surface area contributed by atoms with Crippen molar-refractivity contribution in [2.45, 2.75) is 12.3 Å². The number of nitrogens with zero attached hydrogens (tertiary/aromatic N) is 1. The lowest BCUT2D eigenvalue weighted by molar-refractivity contribution is -0.131. The molecule has 1 atom stereocenters. The van der Waals surface area contributed by atoms with Gasteiger partial charge in [-0.25, -0.2) is 0 Å². The number of carbonyl (C=O) groups is 1. The first-order valence-electron chi connectivity index (χ1n) is 5.20. The minimum atomic E-state index is -0.00412. The van der Waals surface area contributed by atoms with Crippen LogP contribution < -0.4 is 5.73 Å². The zero-order valence-electron chi connectivity index (χ0n) is 9.14. The molecule has 0 radical (unpaired) electrons. The number of nitrogens with two attached hydrogens (primary N) is 1. The third-order valence-electron chi connectivity index (χ3n) is 2.92. The number of hydrogen-bond donors (Lipinski definition) is 1. The molecule has 3 nitrogen and oxygen atoms in total. The van der Waals surface area contributed by atoms with Crippen molar-refractivity contribution in [2.75, 3.05) is 13.6 Å². The number of benzene rings is 1. The average molecular weight is 234 g/mol. The smallest absolute Gasteiger partial charge is 0.230 e. The summed E-state index contributed by atoms with van der Waals surface area (Å²) in [6.45, 7) is 0.354. The van der Waals surface area contributed by atoms with E-state index in [1.807, 2.05) is 18.2 Å². The monoisotopic (exact) mass is 234 g/mol. The lowest BCUT2D eigenvalue weighted by Crippen LogP contribution is -2.40. The van der Waals surface area contributed by atoms with Crippen LogP contribution in [0, 0.1) is 0 Å². The highest BCUT2D eigenvalue weighted by Crippen LogP contribution is 2.35. The molecule has 1 aliphatic carbocycles. The van der Waals surface area contributed by atoms with Gasteiger partial charge < -0.3 is 10.6 Å². The Kier molecular flexibility index (Phi) is 2.92. The molecule has 1 unspecified atom stereocenters. The van der Waals surface area contributed by atoms with E-state index in [2.05, 4.69) is 6.07 Å². The summed E-state index contributed by atoms with van der Waals surface area (Å²) in [5.74, 6) is 0.0991. The van der Waals surface area contributed by atoms with Gasteiger partial charge in [-0.15, -0.1) is 0 Å². The summed E-state index contributed by atoms with van der Waals surface area (Å²) in [6, 6.07) is 8.03. The van der Waals surface area contributed by atoms with E-state index >= 15 is 0 Å².